The molecule has 0 radical (unpaired) electrons. The Morgan fingerprint density at radius 1 is 1.47 bits per heavy atom. The summed E-state index contributed by atoms with van der Waals surface area (Å²) in [7, 11) is 0. The first-order valence-corrected chi connectivity index (χ1v) is 5.37. The highest BCUT2D eigenvalue weighted by Gasteiger charge is 2.29. The number of carboxylic acids is 1. The Morgan fingerprint density at radius 2 is 2.12 bits per heavy atom. The predicted octanol–water partition coefficient (Wildman–Crippen LogP) is 1.00. The summed E-state index contributed by atoms with van der Waals surface area (Å²) in [6.07, 6.45) is 3.53. The molecule has 1 aliphatic carbocycles. The lowest BCUT2D eigenvalue weighted by atomic mass is 9.86. The summed E-state index contributed by atoms with van der Waals surface area (Å²) in [6.45, 7) is 0. The molecular weight excluding hydrogens is 228 g/mol. The minimum atomic E-state index is -0.775. The monoisotopic (exact) mass is 240 g/mol. The van der Waals surface area contributed by atoms with E-state index in [4.69, 9.17) is 5.11 Å². The molecule has 2 rings (SSSR count). The van der Waals surface area contributed by atoms with Crippen molar-refractivity contribution in [3.8, 4) is 0 Å². The molecule has 0 aliphatic heterocycles. The summed E-state index contributed by atoms with van der Waals surface area (Å²) in [5.41, 5.74) is 0. The van der Waals surface area contributed by atoms with E-state index in [2.05, 4.69) is 10.2 Å². The third-order valence-electron chi connectivity index (χ3n) is 3.06. The van der Waals surface area contributed by atoms with Gasteiger partial charge in [0.1, 0.15) is 0 Å². The first-order chi connectivity index (χ1) is 8.08. The quantitative estimate of drug-likeness (QED) is 0.623. The van der Waals surface area contributed by atoms with E-state index in [1.54, 1.807) is 0 Å². The molecule has 0 unspecified atom stereocenters. The first kappa shape index (κ1) is 11.5. The average Bonchev–Trinajstić information content (AvgIpc) is 2.78. The Labute approximate surface area is 96.4 Å². The van der Waals surface area contributed by atoms with Gasteiger partial charge in [-0.15, -0.1) is 5.10 Å². The molecule has 8 heteroatoms. The molecule has 0 saturated heterocycles. The van der Waals surface area contributed by atoms with Gasteiger partial charge in [0.05, 0.1) is 17.1 Å². The molecule has 1 saturated carbocycles. The topological polar surface area (TPSA) is 111 Å². The lowest BCUT2D eigenvalue weighted by molar-refractivity contribution is -0.389. The molecule has 92 valence electrons. The summed E-state index contributed by atoms with van der Waals surface area (Å²) in [5.74, 6) is -1.36. The molecule has 1 N–H and O–H groups in total. The zero-order valence-corrected chi connectivity index (χ0v) is 9.02. The van der Waals surface area contributed by atoms with Crippen molar-refractivity contribution in [2.24, 2.45) is 5.92 Å². The number of hydrogen-bond donors (Lipinski definition) is 1. The van der Waals surface area contributed by atoms with Gasteiger partial charge in [0.15, 0.2) is 6.20 Å². The lowest BCUT2D eigenvalue weighted by Gasteiger charge is -2.23. The number of rotatable bonds is 3. The second kappa shape index (κ2) is 4.48. The number of nitro groups is 1. The Morgan fingerprint density at radius 3 is 2.59 bits per heavy atom. The number of carbonyl (C=O) groups is 1. The van der Waals surface area contributed by atoms with Gasteiger partial charge in [-0.05, 0) is 30.6 Å². The fourth-order valence-electron chi connectivity index (χ4n) is 2.08. The van der Waals surface area contributed by atoms with E-state index < -0.39 is 10.9 Å². The normalized spacial score (nSPS) is 24.5. The standard InChI is InChI=1S/C9H12N4O4/c14-9(15)6-1-3-7(4-2-6)12-10-5-8(11-12)13(16)17/h5-7H,1-4H2,(H,14,15). The second-order valence-corrected chi connectivity index (χ2v) is 4.12. The van der Waals surface area contributed by atoms with Crippen LogP contribution < -0.4 is 0 Å². The van der Waals surface area contributed by atoms with E-state index in [0.29, 0.717) is 25.7 Å². The second-order valence-electron chi connectivity index (χ2n) is 4.12. The molecular formula is C9H12N4O4. The molecule has 1 fully saturated rings. The number of carboxylic acid groups (broad SMARTS) is 1. The van der Waals surface area contributed by atoms with Crippen LogP contribution in [0, 0.1) is 16.0 Å². The van der Waals surface area contributed by atoms with Crippen molar-refractivity contribution in [2.45, 2.75) is 31.7 Å². The van der Waals surface area contributed by atoms with Crippen LogP contribution in [0.5, 0.6) is 0 Å². The zero-order chi connectivity index (χ0) is 12.4. The van der Waals surface area contributed by atoms with Gasteiger partial charge in [-0.2, -0.15) is 0 Å². The van der Waals surface area contributed by atoms with Crippen LogP contribution in [-0.2, 0) is 4.79 Å². The molecule has 17 heavy (non-hydrogen) atoms. The van der Waals surface area contributed by atoms with Gasteiger partial charge in [0.25, 0.3) is 0 Å². The van der Waals surface area contributed by atoms with Crippen LogP contribution in [0.4, 0.5) is 5.82 Å². The molecule has 1 aliphatic rings. The van der Waals surface area contributed by atoms with E-state index in [1.807, 2.05) is 0 Å². The number of hydrogen-bond acceptors (Lipinski definition) is 5. The van der Waals surface area contributed by atoms with Gasteiger partial charge >= 0.3 is 11.8 Å². The van der Waals surface area contributed by atoms with Gasteiger partial charge in [-0.1, -0.05) is 4.80 Å². The third-order valence-corrected chi connectivity index (χ3v) is 3.06. The summed E-state index contributed by atoms with van der Waals surface area (Å²) in [4.78, 5) is 22.0. The SMILES string of the molecule is O=C(O)C1CCC(n2ncc([N+](=O)[O-])n2)CC1. The van der Waals surface area contributed by atoms with E-state index in [0.717, 1.165) is 6.20 Å². The van der Waals surface area contributed by atoms with Crippen molar-refractivity contribution in [3.63, 3.8) is 0 Å². The molecule has 0 bridgehead atoms. The van der Waals surface area contributed by atoms with Crippen LogP contribution in [0.25, 0.3) is 0 Å². The predicted molar refractivity (Wildman–Crippen MR) is 55.3 cm³/mol. The smallest absolute Gasteiger partial charge is 0.410 e. The molecule has 1 aromatic heterocycles. The molecule has 1 heterocycles. The Kier molecular flexibility index (Phi) is 3.03. The molecule has 0 amide bonds. The van der Waals surface area contributed by atoms with Gasteiger partial charge in [0, 0.05) is 0 Å². The van der Waals surface area contributed by atoms with Crippen LogP contribution in [0.3, 0.4) is 0 Å². The molecule has 0 atom stereocenters. The fourth-order valence-corrected chi connectivity index (χ4v) is 2.08. The third kappa shape index (κ3) is 2.40. The highest BCUT2D eigenvalue weighted by atomic mass is 16.6. The molecule has 0 aromatic carbocycles. The average molecular weight is 240 g/mol. The van der Waals surface area contributed by atoms with Crippen molar-refractivity contribution < 1.29 is 14.8 Å². The van der Waals surface area contributed by atoms with Crippen LogP contribution in [-0.4, -0.2) is 31.0 Å². The van der Waals surface area contributed by atoms with E-state index >= 15 is 0 Å². The van der Waals surface area contributed by atoms with E-state index in [1.165, 1.54) is 4.80 Å². The lowest BCUT2D eigenvalue weighted by Crippen LogP contribution is -2.24. The van der Waals surface area contributed by atoms with Gasteiger partial charge < -0.3 is 15.2 Å². The maximum atomic E-state index is 10.8. The largest absolute Gasteiger partial charge is 0.481 e. The molecule has 8 nitrogen and oxygen atoms in total. The van der Waals surface area contributed by atoms with Crippen LogP contribution in [0.1, 0.15) is 31.7 Å². The van der Waals surface area contributed by atoms with Gasteiger partial charge in [-0.3, -0.25) is 4.79 Å². The van der Waals surface area contributed by atoms with E-state index in [-0.39, 0.29) is 17.8 Å². The molecule has 0 spiro atoms. The van der Waals surface area contributed by atoms with Crippen molar-refractivity contribution in [1.82, 2.24) is 15.0 Å². The van der Waals surface area contributed by atoms with Crippen molar-refractivity contribution >= 4 is 11.8 Å². The van der Waals surface area contributed by atoms with Crippen LogP contribution in [0.15, 0.2) is 6.20 Å². The fraction of sp³-hybridized carbons (Fsp3) is 0.667. The highest BCUT2D eigenvalue weighted by molar-refractivity contribution is 5.69. The number of aliphatic carboxylic acids is 1. The zero-order valence-electron chi connectivity index (χ0n) is 9.02. The Hall–Kier alpha value is -1.99. The minimum Gasteiger partial charge on any atom is -0.481 e. The van der Waals surface area contributed by atoms with E-state index in [9.17, 15) is 14.9 Å². The van der Waals surface area contributed by atoms with Crippen LogP contribution >= 0.6 is 0 Å². The summed E-state index contributed by atoms with van der Waals surface area (Å²) in [6, 6.07) is -0.0284. The summed E-state index contributed by atoms with van der Waals surface area (Å²) >= 11 is 0. The van der Waals surface area contributed by atoms with Gasteiger partial charge in [-0.25, -0.2) is 0 Å². The van der Waals surface area contributed by atoms with Crippen molar-refractivity contribution in [2.75, 3.05) is 0 Å². The first-order valence-electron chi connectivity index (χ1n) is 5.37. The van der Waals surface area contributed by atoms with Crippen molar-refractivity contribution in [1.29, 1.82) is 0 Å². The van der Waals surface area contributed by atoms with Gasteiger partial charge in [0.2, 0.25) is 0 Å². The van der Waals surface area contributed by atoms with Crippen molar-refractivity contribution in [3.05, 3.63) is 16.3 Å². The highest BCUT2D eigenvalue weighted by Crippen LogP contribution is 2.31. The van der Waals surface area contributed by atoms with Crippen LogP contribution in [0.2, 0.25) is 0 Å². The number of nitrogens with zero attached hydrogens (tertiary/aromatic N) is 4. The molecule has 1 aromatic rings. The summed E-state index contributed by atoms with van der Waals surface area (Å²) in [5, 5.41) is 26.9. The number of aromatic nitrogens is 3. The Bertz CT molecular complexity index is 436. The Balaban J connectivity index is 2.00. The maximum Gasteiger partial charge on any atom is 0.410 e. The minimum absolute atomic E-state index is 0.0284. The summed E-state index contributed by atoms with van der Waals surface area (Å²) < 4.78 is 0. The maximum absolute atomic E-state index is 10.8.